The largest absolute Gasteiger partial charge is 0.629 e. The van der Waals surface area contributed by atoms with Crippen LogP contribution in [0.3, 0.4) is 0 Å². The summed E-state index contributed by atoms with van der Waals surface area (Å²) >= 11 is 0. The second-order valence-corrected chi connectivity index (χ2v) is 28.7. The van der Waals surface area contributed by atoms with E-state index in [-0.39, 0.29) is 0 Å². The summed E-state index contributed by atoms with van der Waals surface area (Å²) in [6.45, 7) is 23.9. The zero-order valence-electron chi connectivity index (χ0n) is 25.1. The van der Waals surface area contributed by atoms with Gasteiger partial charge in [-0.3, -0.25) is 0 Å². The fourth-order valence-electron chi connectivity index (χ4n) is 5.52. The molecule has 0 saturated carbocycles. The normalized spacial score (nSPS) is 26.9. The van der Waals surface area contributed by atoms with Crippen molar-refractivity contribution < 1.29 is 26.6 Å². The highest BCUT2D eigenvalue weighted by Gasteiger charge is 2.77. The topological polar surface area (TPSA) is 83.0 Å². The minimum atomic E-state index is -4.06. The molecule has 0 N–H and O–H groups in total. The fourth-order valence-corrected chi connectivity index (χ4v) is 28.8. The van der Waals surface area contributed by atoms with Crippen molar-refractivity contribution in [2.45, 2.75) is 103 Å². The maximum absolute atomic E-state index is 15.3. The Morgan fingerprint density at radius 2 is 0.658 bits per heavy atom. The Labute approximate surface area is 233 Å². The molecule has 3 rings (SSSR count). The van der Waals surface area contributed by atoms with E-state index in [1.807, 2.05) is 119 Å². The number of benzene rings is 2. The molecule has 2 aromatic rings. The molecule has 1 fully saturated rings. The molecule has 1 aliphatic heterocycles. The third-order valence-electron chi connectivity index (χ3n) is 7.09. The van der Waals surface area contributed by atoms with Crippen LogP contribution in [0.5, 0.6) is 0 Å². The highest BCUT2D eigenvalue weighted by molar-refractivity contribution is 7.73. The van der Waals surface area contributed by atoms with Gasteiger partial charge in [-0.05, 0) is 24.3 Å². The van der Waals surface area contributed by atoms with E-state index in [2.05, 4.69) is 0 Å². The Morgan fingerprint density at radius 1 is 0.447 bits per heavy atom. The second kappa shape index (κ2) is 10.1. The molecule has 0 radical (unpaired) electrons. The van der Waals surface area contributed by atoms with Crippen LogP contribution in [0, 0.1) is 0 Å². The van der Waals surface area contributed by atoms with Crippen LogP contribution in [-0.2, 0) is 16.9 Å². The molecule has 1 heterocycles. The first-order valence-corrected chi connectivity index (χ1v) is 19.9. The van der Waals surface area contributed by atoms with Gasteiger partial charge in [0.25, 0.3) is 0 Å². The first-order valence-electron chi connectivity index (χ1n) is 13.2. The van der Waals surface area contributed by atoms with Crippen LogP contribution in [-0.4, -0.2) is 17.1 Å². The van der Waals surface area contributed by atoms with Gasteiger partial charge in [0.1, 0.15) is 10.6 Å². The van der Waals surface area contributed by atoms with Gasteiger partial charge in [-0.25, -0.2) is 16.9 Å². The summed E-state index contributed by atoms with van der Waals surface area (Å²) in [5, 5.41) is -1.73. The van der Waals surface area contributed by atoms with E-state index < -0.39 is 53.2 Å². The quantitative estimate of drug-likeness (QED) is 0.273. The van der Waals surface area contributed by atoms with E-state index in [0.29, 0.717) is 10.6 Å². The summed E-state index contributed by atoms with van der Waals surface area (Å²) in [5.74, 6) is 0. The summed E-state index contributed by atoms with van der Waals surface area (Å²) in [6, 6.07) is 18.1. The third-order valence-corrected chi connectivity index (χ3v) is 24.8. The number of hydrogen-bond acceptors (Lipinski definition) is 6. The predicted molar refractivity (Wildman–Crippen MR) is 161 cm³/mol. The van der Waals surface area contributed by atoms with Crippen LogP contribution in [0.25, 0.3) is 0 Å². The summed E-state index contributed by atoms with van der Waals surface area (Å²) in [7, 11) is -15.6. The van der Waals surface area contributed by atoms with E-state index >= 15 is 9.79 Å². The lowest BCUT2D eigenvalue weighted by atomic mass is 10.2. The Kier molecular flexibility index (Phi) is 8.50. The third kappa shape index (κ3) is 5.52. The van der Waals surface area contributed by atoms with Crippen LogP contribution in [0.4, 0.5) is 0 Å². The van der Waals surface area contributed by atoms with Crippen molar-refractivity contribution >= 4 is 43.6 Å². The minimum Gasteiger partial charge on any atom is -0.629 e. The van der Waals surface area contributed by atoms with Gasteiger partial charge in [0.15, 0.2) is 0 Å². The molecular formula is C28H46O6P2Si2. The van der Waals surface area contributed by atoms with Gasteiger partial charge in [0, 0.05) is 20.2 Å². The average molecular weight is 597 g/mol. The van der Waals surface area contributed by atoms with Gasteiger partial charge in [0.2, 0.25) is 15.9 Å². The van der Waals surface area contributed by atoms with E-state index in [9.17, 15) is 0 Å². The molecule has 6 nitrogen and oxygen atoms in total. The van der Waals surface area contributed by atoms with Crippen LogP contribution < -0.4 is 20.4 Å². The standard InChI is InChI=1S/C28H46O6P2Si2/c1-25(2,3)37(26(4,5)6)31-35(29,23-19-15-13-16-20-23)33-38(27(7,8)9,28(10,11)12)34-36(30,32-37)24-21-17-14-18-22-24/h13-22H,1-12H3. The van der Waals surface area contributed by atoms with Gasteiger partial charge in [-0.2, -0.15) is 0 Å². The zero-order valence-corrected chi connectivity index (χ0v) is 28.9. The first kappa shape index (κ1) is 32.0. The molecule has 0 aliphatic carbocycles. The molecule has 38 heavy (non-hydrogen) atoms. The molecular weight excluding hydrogens is 550 g/mol. The van der Waals surface area contributed by atoms with Crippen molar-refractivity contribution in [1.29, 1.82) is 0 Å². The van der Waals surface area contributed by atoms with Gasteiger partial charge in [0.05, 0.1) is 0 Å². The molecule has 212 valence electrons. The molecule has 10 heteroatoms. The molecule has 2 aromatic carbocycles. The van der Waals surface area contributed by atoms with Crippen molar-refractivity contribution in [2.24, 2.45) is 0 Å². The van der Waals surface area contributed by atoms with E-state index in [1.165, 1.54) is 0 Å². The van der Waals surface area contributed by atoms with Gasteiger partial charge >= 0.3 is 17.1 Å². The fraction of sp³-hybridized carbons (Fsp3) is 0.571. The lowest BCUT2D eigenvalue weighted by Gasteiger charge is -2.57. The number of hydrogen-bond donors (Lipinski definition) is 0. The Hall–Kier alpha value is -0.506. The number of rotatable bonds is 2. The lowest BCUT2D eigenvalue weighted by Crippen LogP contribution is -2.66. The Morgan fingerprint density at radius 3 is 0.842 bits per heavy atom. The van der Waals surface area contributed by atoms with Gasteiger partial charge in [-0.1, -0.05) is 119 Å². The minimum absolute atomic E-state index is 0.444. The van der Waals surface area contributed by atoms with Crippen molar-refractivity contribution in [3.63, 3.8) is 0 Å². The molecule has 0 atom stereocenters. The molecule has 0 amide bonds. The molecule has 1 aliphatic rings. The van der Waals surface area contributed by atoms with Crippen molar-refractivity contribution in [1.82, 2.24) is 0 Å². The molecule has 0 spiro atoms. The van der Waals surface area contributed by atoms with E-state index in [1.54, 1.807) is 24.3 Å². The lowest BCUT2D eigenvalue weighted by molar-refractivity contribution is -0.214. The second-order valence-electron chi connectivity index (χ2n) is 14.3. The van der Waals surface area contributed by atoms with Crippen LogP contribution in [0.15, 0.2) is 60.7 Å². The summed E-state index contributed by atoms with van der Waals surface area (Å²) in [5.41, 5.74) is 0. The van der Waals surface area contributed by atoms with Crippen molar-refractivity contribution in [3.8, 4) is 0 Å². The van der Waals surface area contributed by atoms with Crippen LogP contribution >= 0.6 is 15.9 Å². The van der Waals surface area contributed by atoms with Gasteiger partial charge < -0.3 is 9.79 Å². The van der Waals surface area contributed by atoms with Gasteiger partial charge in [-0.15, -0.1) is 0 Å². The molecule has 0 aromatic heterocycles. The van der Waals surface area contributed by atoms with Crippen LogP contribution in [0.1, 0.15) is 83.1 Å². The monoisotopic (exact) mass is 596 g/mol. The highest BCUT2D eigenvalue weighted by Crippen LogP contribution is 2.76. The molecule has 0 unspecified atom stereocenters. The zero-order chi connectivity index (χ0) is 29.1. The van der Waals surface area contributed by atoms with Crippen LogP contribution in [0.2, 0.25) is 20.2 Å². The molecule has 1 saturated heterocycles. The summed E-state index contributed by atoms with van der Waals surface area (Å²) < 4.78 is 27.9. The maximum Gasteiger partial charge on any atom is 0.452 e. The smallest absolute Gasteiger partial charge is 0.452 e. The average Bonchev–Trinajstić information content (AvgIpc) is 2.75. The van der Waals surface area contributed by atoms with E-state index in [4.69, 9.17) is 16.9 Å². The summed E-state index contributed by atoms with van der Waals surface area (Å²) in [6.07, 6.45) is 0. The Bertz CT molecular complexity index is 969. The SMILES string of the molecule is CC(C)(C)[Si]1(C(C)(C)C)O[P+]([O-])(c2ccccc2)O[Si](C(C)(C)C)(C(C)(C)C)O[P+]([O-])(c2ccccc2)O1. The highest BCUT2D eigenvalue weighted by atomic mass is 31.2. The van der Waals surface area contributed by atoms with Crippen molar-refractivity contribution in [3.05, 3.63) is 60.7 Å². The maximum atomic E-state index is 15.3. The summed E-state index contributed by atoms with van der Waals surface area (Å²) in [4.78, 5) is 30.7. The van der Waals surface area contributed by atoms with E-state index in [0.717, 1.165) is 0 Å². The predicted octanol–water partition coefficient (Wildman–Crippen LogP) is 7.05. The first-order chi connectivity index (χ1) is 17.0. The Balaban J connectivity index is 2.49. The van der Waals surface area contributed by atoms with Crippen molar-refractivity contribution in [2.75, 3.05) is 0 Å². The molecule has 0 bridgehead atoms.